The Balaban J connectivity index is 1.42. The van der Waals surface area contributed by atoms with E-state index in [4.69, 9.17) is 9.84 Å². The van der Waals surface area contributed by atoms with Crippen LogP contribution in [0, 0.1) is 13.8 Å². The molecule has 1 fully saturated rings. The smallest absolute Gasteiger partial charge is 0.244 e. The van der Waals surface area contributed by atoms with Crippen molar-refractivity contribution in [2.75, 3.05) is 38.2 Å². The molecule has 0 saturated carbocycles. The highest BCUT2D eigenvalue weighted by atomic mass is 16.5. The molecule has 1 aliphatic heterocycles. The fourth-order valence-electron chi connectivity index (χ4n) is 3.95. The van der Waals surface area contributed by atoms with Gasteiger partial charge in [-0.25, -0.2) is 9.97 Å². The van der Waals surface area contributed by atoms with E-state index in [-0.39, 0.29) is 12.5 Å². The topological polar surface area (TPSA) is 76.4 Å². The van der Waals surface area contributed by atoms with Crippen molar-refractivity contribution < 1.29 is 9.53 Å². The number of hydrogen-bond donors (Lipinski definition) is 0. The minimum absolute atomic E-state index is 0.0920. The van der Waals surface area contributed by atoms with Gasteiger partial charge in [-0.3, -0.25) is 9.48 Å². The number of ether oxygens (including phenoxy) is 1. The fraction of sp³-hybridized carbons (Fsp3) is 0.417. The molecule has 2 aromatic heterocycles. The van der Waals surface area contributed by atoms with Crippen molar-refractivity contribution >= 4 is 11.7 Å². The Bertz CT molecular complexity index is 1100. The molecule has 1 saturated heterocycles. The van der Waals surface area contributed by atoms with E-state index in [9.17, 15) is 4.79 Å². The molecule has 0 bridgehead atoms. The summed E-state index contributed by atoms with van der Waals surface area (Å²) in [6.45, 7) is 9.31. The fourth-order valence-corrected chi connectivity index (χ4v) is 3.95. The van der Waals surface area contributed by atoms with E-state index < -0.39 is 0 Å². The maximum absolute atomic E-state index is 13.0. The maximum Gasteiger partial charge on any atom is 0.244 e. The predicted octanol–water partition coefficient (Wildman–Crippen LogP) is 2.88. The number of carbonyl (C=O) groups is 1. The third-order valence-corrected chi connectivity index (χ3v) is 6.11. The summed E-state index contributed by atoms with van der Waals surface area (Å²) in [5.41, 5.74) is 5.57. The number of hydrogen-bond acceptors (Lipinski definition) is 6. The number of nitrogens with zero attached hydrogens (tertiary/aromatic N) is 6. The first-order valence-corrected chi connectivity index (χ1v) is 11.0. The first-order valence-electron chi connectivity index (χ1n) is 11.0. The average molecular weight is 435 g/mol. The lowest BCUT2D eigenvalue weighted by Crippen LogP contribution is -2.50. The summed E-state index contributed by atoms with van der Waals surface area (Å²) in [5, 5.41) is 4.77. The van der Waals surface area contributed by atoms with Crippen molar-refractivity contribution in [1.82, 2.24) is 24.6 Å². The van der Waals surface area contributed by atoms with Crippen LogP contribution in [-0.4, -0.2) is 63.8 Å². The van der Waals surface area contributed by atoms with Gasteiger partial charge < -0.3 is 14.5 Å². The highest BCUT2D eigenvalue weighted by molar-refractivity contribution is 5.76. The summed E-state index contributed by atoms with van der Waals surface area (Å²) in [5.74, 6) is 1.45. The van der Waals surface area contributed by atoms with Gasteiger partial charge in [-0.1, -0.05) is 19.1 Å². The molecular formula is C24H30N6O2. The van der Waals surface area contributed by atoms with Gasteiger partial charge in [0.2, 0.25) is 11.8 Å². The van der Waals surface area contributed by atoms with Crippen molar-refractivity contribution in [2.24, 2.45) is 0 Å². The van der Waals surface area contributed by atoms with Crippen LogP contribution in [0.15, 0.2) is 36.7 Å². The van der Waals surface area contributed by atoms with Gasteiger partial charge in [-0.05, 0) is 43.5 Å². The standard InChI is InChI=1S/C24H30N6O2/c1-5-20-13-21(19-7-6-17(2)18(3)12-19)27-30(20)15-24(31)29-10-8-28(9-11-29)22-14-23(32-4)26-16-25-22/h6-7,12-14,16H,5,8-11,15H2,1-4H3. The lowest BCUT2D eigenvalue weighted by atomic mass is 10.0. The van der Waals surface area contributed by atoms with Crippen LogP contribution in [0.4, 0.5) is 5.82 Å². The van der Waals surface area contributed by atoms with Crippen LogP contribution in [0.25, 0.3) is 11.3 Å². The first kappa shape index (κ1) is 21.8. The number of methoxy groups -OCH3 is 1. The molecule has 0 radical (unpaired) electrons. The van der Waals surface area contributed by atoms with Crippen LogP contribution in [-0.2, 0) is 17.8 Å². The van der Waals surface area contributed by atoms with Gasteiger partial charge in [0.1, 0.15) is 18.7 Å². The van der Waals surface area contributed by atoms with Gasteiger partial charge in [0, 0.05) is 43.5 Å². The van der Waals surface area contributed by atoms with Crippen molar-refractivity contribution in [3.63, 3.8) is 0 Å². The quantitative estimate of drug-likeness (QED) is 0.594. The molecule has 0 atom stereocenters. The number of amides is 1. The molecule has 168 valence electrons. The van der Waals surface area contributed by atoms with Crippen molar-refractivity contribution in [3.8, 4) is 17.1 Å². The van der Waals surface area contributed by atoms with E-state index in [2.05, 4.69) is 59.9 Å². The van der Waals surface area contributed by atoms with E-state index in [0.29, 0.717) is 19.0 Å². The molecule has 1 aromatic carbocycles. The van der Waals surface area contributed by atoms with Gasteiger partial charge in [0.25, 0.3) is 0 Å². The molecule has 0 unspecified atom stereocenters. The van der Waals surface area contributed by atoms with Gasteiger partial charge in [-0.2, -0.15) is 5.10 Å². The minimum atomic E-state index is 0.0920. The Hall–Kier alpha value is -3.42. The van der Waals surface area contributed by atoms with Crippen LogP contribution >= 0.6 is 0 Å². The summed E-state index contributed by atoms with van der Waals surface area (Å²) < 4.78 is 7.04. The summed E-state index contributed by atoms with van der Waals surface area (Å²) >= 11 is 0. The molecule has 1 aliphatic rings. The second-order valence-corrected chi connectivity index (χ2v) is 8.12. The van der Waals surface area contributed by atoms with Crippen LogP contribution in [0.5, 0.6) is 5.88 Å². The molecule has 0 N–H and O–H groups in total. The molecule has 4 rings (SSSR count). The Kier molecular flexibility index (Phi) is 6.39. The van der Waals surface area contributed by atoms with Gasteiger partial charge >= 0.3 is 0 Å². The number of carbonyl (C=O) groups excluding carboxylic acids is 1. The number of aromatic nitrogens is 4. The number of rotatable bonds is 6. The lowest BCUT2D eigenvalue weighted by Gasteiger charge is -2.35. The normalized spacial score (nSPS) is 14.0. The van der Waals surface area contributed by atoms with Crippen LogP contribution in [0.2, 0.25) is 0 Å². The summed E-state index contributed by atoms with van der Waals surface area (Å²) in [7, 11) is 1.59. The van der Waals surface area contributed by atoms with E-state index in [0.717, 1.165) is 42.3 Å². The molecule has 8 heteroatoms. The highest BCUT2D eigenvalue weighted by Crippen LogP contribution is 2.23. The van der Waals surface area contributed by atoms with Gasteiger partial charge in [0.15, 0.2) is 0 Å². The molecule has 3 aromatic rings. The molecule has 8 nitrogen and oxygen atoms in total. The SMILES string of the molecule is CCc1cc(-c2ccc(C)c(C)c2)nn1CC(=O)N1CCN(c2cc(OC)ncn2)CC1. The number of benzene rings is 1. The highest BCUT2D eigenvalue weighted by Gasteiger charge is 2.23. The Morgan fingerprint density at radius 2 is 1.81 bits per heavy atom. The van der Waals surface area contributed by atoms with Crippen molar-refractivity contribution in [2.45, 2.75) is 33.7 Å². The van der Waals surface area contributed by atoms with E-state index in [1.54, 1.807) is 7.11 Å². The number of anilines is 1. The zero-order valence-electron chi connectivity index (χ0n) is 19.2. The number of piperazine rings is 1. The molecule has 0 aliphatic carbocycles. The Morgan fingerprint density at radius 3 is 2.50 bits per heavy atom. The largest absolute Gasteiger partial charge is 0.481 e. The molecule has 3 heterocycles. The third-order valence-electron chi connectivity index (χ3n) is 6.11. The Labute approximate surface area is 188 Å². The summed E-state index contributed by atoms with van der Waals surface area (Å²) in [6, 6.07) is 10.3. The lowest BCUT2D eigenvalue weighted by molar-refractivity contribution is -0.132. The molecule has 0 spiro atoms. The number of aryl methyl sites for hydroxylation is 3. The minimum Gasteiger partial charge on any atom is -0.481 e. The van der Waals surface area contributed by atoms with Gasteiger partial charge in [0.05, 0.1) is 12.8 Å². The van der Waals surface area contributed by atoms with Crippen molar-refractivity contribution in [3.05, 3.63) is 53.5 Å². The predicted molar refractivity (Wildman–Crippen MR) is 124 cm³/mol. The van der Waals surface area contributed by atoms with Gasteiger partial charge in [-0.15, -0.1) is 0 Å². The average Bonchev–Trinajstić information content (AvgIpc) is 3.23. The monoisotopic (exact) mass is 434 g/mol. The summed E-state index contributed by atoms with van der Waals surface area (Å²) in [4.78, 5) is 25.5. The zero-order valence-corrected chi connectivity index (χ0v) is 19.2. The maximum atomic E-state index is 13.0. The molecular weight excluding hydrogens is 404 g/mol. The third kappa shape index (κ3) is 4.59. The van der Waals surface area contributed by atoms with Crippen LogP contribution < -0.4 is 9.64 Å². The van der Waals surface area contributed by atoms with E-state index in [1.807, 2.05) is 15.6 Å². The zero-order chi connectivity index (χ0) is 22.7. The molecule has 32 heavy (non-hydrogen) atoms. The Morgan fingerprint density at radius 1 is 1.03 bits per heavy atom. The summed E-state index contributed by atoms with van der Waals surface area (Å²) in [6.07, 6.45) is 2.33. The van der Waals surface area contributed by atoms with Crippen molar-refractivity contribution in [1.29, 1.82) is 0 Å². The van der Waals surface area contributed by atoms with E-state index >= 15 is 0 Å². The van der Waals surface area contributed by atoms with E-state index in [1.165, 1.54) is 17.5 Å². The van der Waals surface area contributed by atoms with Crippen LogP contribution in [0.1, 0.15) is 23.7 Å². The second kappa shape index (κ2) is 9.38. The second-order valence-electron chi connectivity index (χ2n) is 8.12. The molecule has 1 amide bonds. The first-order chi connectivity index (χ1) is 15.5. The van der Waals surface area contributed by atoms with Crippen LogP contribution in [0.3, 0.4) is 0 Å².